The van der Waals surface area contributed by atoms with Crippen molar-refractivity contribution in [1.82, 2.24) is 25.1 Å². The Balaban J connectivity index is 1.60. The molecule has 1 aliphatic carbocycles. The van der Waals surface area contributed by atoms with E-state index < -0.39 is 0 Å². The van der Waals surface area contributed by atoms with Crippen LogP contribution in [0.3, 0.4) is 0 Å². The van der Waals surface area contributed by atoms with E-state index >= 15 is 0 Å². The third-order valence-corrected chi connectivity index (χ3v) is 5.53. The van der Waals surface area contributed by atoms with E-state index in [9.17, 15) is 4.79 Å². The molecule has 0 bridgehead atoms. The summed E-state index contributed by atoms with van der Waals surface area (Å²) in [5.74, 6) is -0.214. The van der Waals surface area contributed by atoms with E-state index in [4.69, 9.17) is 11.6 Å². The number of nitrogens with zero attached hydrogens (tertiary/aromatic N) is 4. The van der Waals surface area contributed by atoms with Gasteiger partial charge in [0.25, 0.3) is 5.91 Å². The number of aromatic nitrogens is 4. The minimum Gasteiger partial charge on any atom is -0.344 e. The lowest BCUT2D eigenvalue weighted by molar-refractivity contribution is 0.0913. The quantitative estimate of drug-likeness (QED) is 0.703. The van der Waals surface area contributed by atoms with Gasteiger partial charge < -0.3 is 5.32 Å². The van der Waals surface area contributed by atoms with E-state index in [2.05, 4.69) is 34.2 Å². The first-order valence-corrected chi connectivity index (χ1v) is 10.1. The summed E-state index contributed by atoms with van der Waals surface area (Å²) in [6, 6.07) is 7.70. The largest absolute Gasteiger partial charge is 0.344 e. The molecule has 3 aromatic rings. The van der Waals surface area contributed by atoms with Crippen LogP contribution in [0.1, 0.15) is 59.3 Å². The van der Waals surface area contributed by atoms with Gasteiger partial charge in [0.15, 0.2) is 0 Å². The fraction of sp³-hybridized carbons (Fsp3) is 0.364. The van der Waals surface area contributed by atoms with Crippen LogP contribution >= 0.6 is 11.6 Å². The molecule has 1 aliphatic rings. The number of nitrogens with one attached hydrogen (secondary N) is 1. The summed E-state index contributed by atoms with van der Waals surface area (Å²) in [5, 5.41) is 8.48. The number of rotatable bonds is 4. The normalized spacial score (nSPS) is 17.6. The summed E-state index contributed by atoms with van der Waals surface area (Å²) in [5.41, 5.74) is 4.47. The van der Waals surface area contributed by atoms with Gasteiger partial charge in [-0.3, -0.25) is 14.5 Å². The second kappa shape index (κ2) is 7.59. The number of amides is 1. The van der Waals surface area contributed by atoms with Crippen LogP contribution in [0, 0.1) is 12.3 Å². The van der Waals surface area contributed by atoms with Crippen molar-refractivity contribution in [3.8, 4) is 0 Å². The fourth-order valence-corrected chi connectivity index (χ4v) is 4.13. The lowest BCUT2D eigenvalue weighted by Gasteiger charge is -2.36. The first-order valence-electron chi connectivity index (χ1n) is 9.69. The predicted octanol–water partition coefficient (Wildman–Crippen LogP) is 4.13. The minimum absolute atomic E-state index is 0.0377. The van der Waals surface area contributed by atoms with Gasteiger partial charge >= 0.3 is 0 Å². The Morgan fingerprint density at radius 1 is 1.28 bits per heavy atom. The van der Waals surface area contributed by atoms with Crippen molar-refractivity contribution >= 4 is 17.5 Å². The molecular formula is C22H24ClN5O. The number of carbonyl (C=O) groups excluding carboxylic acids is 1. The Hall–Kier alpha value is -2.73. The highest BCUT2D eigenvalue weighted by atomic mass is 35.5. The summed E-state index contributed by atoms with van der Waals surface area (Å²) >= 11 is 6.13. The van der Waals surface area contributed by atoms with Crippen molar-refractivity contribution in [2.45, 2.75) is 46.2 Å². The molecule has 1 amide bonds. The summed E-state index contributed by atoms with van der Waals surface area (Å²) in [4.78, 5) is 21.1. The van der Waals surface area contributed by atoms with E-state index in [1.165, 1.54) is 6.20 Å². The topological polar surface area (TPSA) is 72.7 Å². The second-order valence-corrected chi connectivity index (χ2v) is 8.88. The fourth-order valence-electron chi connectivity index (χ4n) is 3.91. The Morgan fingerprint density at radius 2 is 2.10 bits per heavy atom. The van der Waals surface area contributed by atoms with Crippen LogP contribution in [0.25, 0.3) is 0 Å². The van der Waals surface area contributed by atoms with Crippen LogP contribution in [0.15, 0.2) is 42.9 Å². The highest BCUT2D eigenvalue weighted by molar-refractivity contribution is 6.30. The van der Waals surface area contributed by atoms with Crippen molar-refractivity contribution in [3.05, 3.63) is 76.1 Å². The van der Waals surface area contributed by atoms with Crippen molar-refractivity contribution in [2.24, 2.45) is 5.41 Å². The molecule has 0 aliphatic heterocycles. The van der Waals surface area contributed by atoms with E-state index in [0.717, 1.165) is 35.4 Å². The van der Waals surface area contributed by atoms with Crippen molar-refractivity contribution in [3.63, 3.8) is 0 Å². The van der Waals surface area contributed by atoms with Crippen LogP contribution in [0.2, 0.25) is 5.02 Å². The van der Waals surface area contributed by atoms with Crippen LogP contribution in [-0.2, 0) is 13.0 Å². The maximum absolute atomic E-state index is 12.7. The van der Waals surface area contributed by atoms with Gasteiger partial charge in [-0.05, 0) is 42.9 Å². The Kier molecular flexibility index (Phi) is 5.13. The lowest BCUT2D eigenvalue weighted by Crippen LogP contribution is -2.37. The Labute approximate surface area is 175 Å². The highest BCUT2D eigenvalue weighted by Gasteiger charge is 2.36. The van der Waals surface area contributed by atoms with Gasteiger partial charge in [-0.1, -0.05) is 37.6 Å². The molecule has 0 radical (unpaired) electrons. The monoisotopic (exact) mass is 409 g/mol. The number of halogens is 1. The molecule has 1 aromatic carbocycles. The molecule has 0 saturated heterocycles. The average Bonchev–Trinajstić information content (AvgIpc) is 3.04. The number of benzene rings is 1. The zero-order valence-corrected chi connectivity index (χ0v) is 17.6. The number of carbonyl (C=O) groups is 1. The van der Waals surface area contributed by atoms with Crippen LogP contribution in [0.5, 0.6) is 0 Å². The third kappa shape index (κ3) is 4.32. The van der Waals surface area contributed by atoms with Crippen molar-refractivity contribution in [1.29, 1.82) is 0 Å². The second-order valence-electron chi connectivity index (χ2n) is 8.45. The molecule has 0 unspecified atom stereocenters. The molecule has 0 saturated carbocycles. The summed E-state index contributed by atoms with van der Waals surface area (Å²) in [6.45, 7) is 6.93. The lowest BCUT2D eigenvalue weighted by atomic mass is 9.74. The molecule has 2 aromatic heterocycles. The average molecular weight is 410 g/mol. The zero-order chi connectivity index (χ0) is 20.6. The van der Waals surface area contributed by atoms with Gasteiger partial charge in [0.1, 0.15) is 5.69 Å². The van der Waals surface area contributed by atoms with E-state index in [1.54, 1.807) is 6.20 Å². The Morgan fingerprint density at radius 3 is 2.83 bits per heavy atom. The maximum Gasteiger partial charge on any atom is 0.271 e. The number of hydrogen-bond donors (Lipinski definition) is 1. The number of hydrogen-bond acceptors (Lipinski definition) is 4. The summed E-state index contributed by atoms with van der Waals surface area (Å²) < 4.78 is 2.02. The van der Waals surface area contributed by atoms with Crippen LogP contribution < -0.4 is 5.32 Å². The summed E-state index contributed by atoms with van der Waals surface area (Å²) in [6.07, 6.45) is 6.74. The van der Waals surface area contributed by atoms with Crippen molar-refractivity contribution < 1.29 is 4.79 Å². The van der Waals surface area contributed by atoms with E-state index in [-0.39, 0.29) is 17.4 Å². The van der Waals surface area contributed by atoms with Crippen molar-refractivity contribution in [2.75, 3.05) is 0 Å². The molecule has 150 valence electrons. The SMILES string of the molecule is Cc1cnc(C(=O)N[C@H]2CC(C)(C)Cc3c2cnn3Cc2cccc(Cl)c2)cn1. The number of fused-ring (bicyclic) bond motifs is 1. The highest BCUT2D eigenvalue weighted by Crippen LogP contribution is 2.41. The third-order valence-electron chi connectivity index (χ3n) is 5.30. The molecule has 7 heteroatoms. The number of aryl methyl sites for hydroxylation is 1. The molecule has 6 nitrogen and oxygen atoms in total. The molecule has 29 heavy (non-hydrogen) atoms. The van der Waals surface area contributed by atoms with Crippen LogP contribution in [0.4, 0.5) is 0 Å². The molecule has 0 spiro atoms. The first kappa shape index (κ1) is 19.6. The van der Waals surface area contributed by atoms with E-state index in [1.807, 2.05) is 42.1 Å². The molecule has 2 heterocycles. The minimum atomic E-state index is -0.214. The predicted molar refractivity (Wildman–Crippen MR) is 112 cm³/mol. The van der Waals surface area contributed by atoms with Gasteiger partial charge in [0.2, 0.25) is 0 Å². The van der Waals surface area contributed by atoms with E-state index in [0.29, 0.717) is 17.3 Å². The van der Waals surface area contributed by atoms with Gasteiger partial charge in [-0.25, -0.2) is 4.98 Å². The van der Waals surface area contributed by atoms with Gasteiger partial charge in [-0.15, -0.1) is 0 Å². The molecule has 0 fully saturated rings. The van der Waals surface area contributed by atoms with Gasteiger partial charge in [0, 0.05) is 22.5 Å². The maximum atomic E-state index is 12.7. The smallest absolute Gasteiger partial charge is 0.271 e. The molecule has 1 atom stereocenters. The standard InChI is InChI=1S/C22H24ClN5O/c1-14-10-25-19(12-24-14)21(29)27-18-8-22(2,3)9-20-17(18)11-26-28(20)13-15-5-4-6-16(23)7-15/h4-7,10-12,18H,8-9,13H2,1-3H3,(H,27,29)/t18-/m0/s1. The zero-order valence-electron chi connectivity index (χ0n) is 16.8. The molecular weight excluding hydrogens is 386 g/mol. The Bertz CT molecular complexity index is 1040. The first-order chi connectivity index (χ1) is 13.8. The molecule has 1 N–H and O–H groups in total. The van der Waals surface area contributed by atoms with Gasteiger partial charge in [-0.2, -0.15) is 5.10 Å². The summed E-state index contributed by atoms with van der Waals surface area (Å²) in [7, 11) is 0. The van der Waals surface area contributed by atoms with Gasteiger partial charge in [0.05, 0.1) is 30.7 Å². The van der Waals surface area contributed by atoms with Crippen LogP contribution in [-0.4, -0.2) is 25.7 Å². The molecule has 4 rings (SSSR count).